The number of methoxy groups -OCH3 is 1. The van der Waals surface area contributed by atoms with Crippen molar-refractivity contribution in [3.05, 3.63) is 29.6 Å². The van der Waals surface area contributed by atoms with Crippen LogP contribution in [0, 0.1) is 0 Å². The molecule has 7 heteroatoms. The van der Waals surface area contributed by atoms with Gasteiger partial charge in [-0.05, 0) is 35.0 Å². The molecule has 0 aliphatic carbocycles. The minimum absolute atomic E-state index is 0.117. The molecule has 0 aliphatic rings. The molecule has 0 saturated carbocycles. The van der Waals surface area contributed by atoms with E-state index in [1.807, 2.05) is 18.2 Å². The van der Waals surface area contributed by atoms with E-state index in [4.69, 9.17) is 10.5 Å². The first-order valence-electron chi connectivity index (χ1n) is 5.54. The summed E-state index contributed by atoms with van der Waals surface area (Å²) < 4.78 is 6.19. The fraction of sp³-hybridized carbons (Fsp3) is 0.0833. The Kier molecular flexibility index (Phi) is 2.88. The number of aromatic nitrogens is 3. The second-order valence-electron chi connectivity index (χ2n) is 3.80. The Morgan fingerprint density at radius 3 is 2.95 bits per heavy atom. The molecule has 3 N–H and O–H groups in total. The maximum absolute atomic E-state index is 5.58. The zero-order valence-electron chi connectivity index (χ0n) is 10.1. The number of anilines is 3. The molecule has 19 heavy (non-hydrogen) atoms. The molecular weight excluding hydrogens is 262 g/mol. The molecule has 1 aromatic carbocycles. The highest BCUT2D eigenvalue weighted by Gasteiger charge is 2.05. The van der Waals surface area contributed by atoms with Crippen LogP contribution in [-0.2, 0) is 0 Å². The van der Waals surface area contributed by atoms with Gasteiger partial charge in [0.25, 0.3) is 0 Å². The smallest absolute Gasteiger partial charge is 0.322 e. The lowest BCUT2D eigenvalue weighted by Crippen LogP contribution is -2.05. The Balaban J connectivity index is 1.93. The van der Waals surface area contributed by atoms with E-state index in [1.165, 1.54) is 17.2 Å². The predicted octanol–water partition coefficient (Wildman–Crippen LogP) is 2.42. The molecular formula is C12H11N5OS. The zero-order valence-corrected chi connectivity index (χ0v) is 10.9. The standard InChI is InChI=1S/C12H11N5OS/c1-18-12-16-10(13)15-11(17-12)14-8-2-3-9-7(6-8)4-5-19-9/h2-6H,1H3,(H3,13,14,15,16,17). The Bertz CT molecular complexity index is 727. The van der Waals surface area contributed by atoms with Crippen LogP contribution in [-0.4, -0.2) is 22.1 Å². The third kappa shape index (κ3) is 2.41. The molecule has 0 unspecified atom stereocenters. The number of nitrogens with two attached hydrogens (primary N) is 1. The van der Waals surface area contributed by atoms with Crippen molar-refractivity contribution in [1.29, 1.82) is 0 Å². The molecule has 6 nitrogen and oxygen atoms in total. The summed E-state index contributed by atoms with van der Waals surface area (Å²) in [7, 11) is 1.48. The van der Waals surface area contributed by atoms with E-state index in [1.54, 1.807) is 11.3 Å². The molecule has 3 rings (SSSR count). The number of hydrogen-bond acceptors (Lipinski definition) is 7. The number of nitrogens with one attached hydrogen (secondary N) is 1. The van der Waals surface area contributed by atoms with Gasteiger partial charge in [0.1, 0.15) is 0 Å². The SMILES string of the molecule is COc1nc(N)nc(Nc2ccc3sccc3c2)n1. The lowest BCUT2D eigenvalue weighted by Gasteiger charge is -2.06. The zero-order chi connectivity index (χ0) is 13.2. The number of hydrogen-bond donors (Lipinski definition) is 2. The number of nitrogen functional groups attached to an aromatic ring is 1. The van der Waals surface area contributed by atoms with E-state index in [2.05, 4.69) is 31.7 Å². The average molecular weight is 273 g/mol. The van der Waals surface area contributed by atoms with Crippen molar-refractivity contribution in [3.8, 4) is 6.01 Å². The van der Waals surface area contributed by atoms with Crippen LogP contribution in [0.15, 0.2) is 29.6 Å². The van der Waals surface area contributed by atoms with Gasteiger partial charge < -0.3 is 15.8 Å². The van der Waals surface area contributed by atoms with Crippen molar-refractivity contribution >= 4 is 39.0 Å². The van der Waals surface area contributed by atoms with Crippen LogP contribution in [0.5, 0.6) is 6.01 Å². The topological polar surface area (TPSA) is 86.0 Å². The first-order valence-corrected chi connectivity index (χ1v) is 6.42. The van der Waals surface area contributed by atoms with E-state index in [0.29, 0.717) is 5.95 Å². The maximum Gasteiger partial charge on any atom is 0.322 e. The molecule has 0 fully saturated rings. The minimum atomic E-state index is 0.117. The van der Waals surface area contributed by atoms with E-state index in [9.17, 15) is 0 Å². The molecule has 0 atom stereocenters. The van der Waals surface area contributed by atoms with Crippen LogP contribution < -0.4 is 15.8 Å². The molecule has 0 aliphatic heterocycles. The first-order chi connectivity index (χ1) is 9.24. The summed E-state index contributed by atoms with van der Waals surface area (Å²) in [4.78, 5) is 11.9. The largest absolute Gasteiger partial charge is 0.467 e. The van der Waals surface area contributed by atoms with Crippen LogP contribution in [0.3, 0.4) is 0 Å². The van der Waals surface area contributed by atoms with Gasteiger partial charge in [0, 0.05) is 10.4 Å². The summed E-state index contributed by atoms with van der Waals surface area (Å²) in [5, 5.41) is 6.31. The minimum Gasteiger partial charge on any atom is -0.467 e. The van der Waals surface area contributed by atoms with Crippen LogP contribution >= 0.6 is 11.3 Å². The Morgan fingerprint density at radius 1 is 1.21 bits per heavy atom. The summed E-state index contributed by atoms with van der Waals surface area (Å²) >= 11 is 1.70. The van der Waals surface area contributed by atoms with E-state index >= 15 is 0 Å². The Labute approximate surface area is 113 Å². The van der Waals surface area contributed by atoms with Crippen molar-refractivity contribution in [2.75, 3.05) is 18.2 Å². The average Bonchev–Trinajstić information content (AvgIpc) is 2.85. The number of rotatable bonds is 3. The van der Waals surface area contributed by atoms with Gasteiger partial charge in [0.15, 0.2) is 0 Å². The molecule has 3 aromatic rings. The molecule has 2 aromatic heterocycles. The van der Waals surface area contributed by atoms with Gasteiger partial charge in [-0.15, -0.1) is 11.3 Å². The van der Waals surface area contributed by atoms with Gasteiger partial charge in [0.2, 0.25) is 11.9 Å². The van der Waals surface area contributed by atoms with Gasteiger partial charge in [-0.25, -0.2) is 0 Å². The number of ether oxygens (including phenoxy) is 1. The van der Waals surface area contributed by atoms with Crippen LogP contribution in [0.1, 0.15) is 0 Å². The lowest BCUT2D eigenvalue weighted by molar-refractivity contribution is 0.380. The third-order valence-electron chi connectivity index (χ3n) is 2.52. The van der Waals surface area contributed by atoms with Crippen molar-refractivity contribution in [3.63, 3.8) is 0 Å². The van der Waals surface area contributed by atoms with E-state index < -0.39 is 0 Å². The highest BCUT2D eigenvalue weighted by Crippen LogP contribution is 2.25. The van der Waals surface area contributed by atoms with Crippen LogP contribution in [0.2, 0.25) is 0 Å². The van der Waals surface area contributed by atoms with Crippen molar-refractivity contribution in [2.45, 2.75) is 0 Å². The van der Waals surface area contributed by atoms with E-state index in [0.717, 1.165) is 5.69 Å². The quantitative estimate of drug-likeness (QED) is 0.762. The summed E-state index contributed by atoms with van der Waals surface area (Å²) in [5.41, 5.74) is 6.47. The normalized spacial score (nSPS) is 10.6. The number of benzene rings is 1. The molecule has 0 radical (unpaired) electrons. The second kappa shape index (κ2) is 4.69. The van der Waals surface area contributed by atoms with E-state index in [-0.39, 0.29) is 12.0 Å². The number of thiophene rings is 1. The van der Waals surface area contributed by atoms with Crippen LogP contribution in [0.25, 0.3) is 10.1 Å². The summed E-state index contributed by atoms with van der Waals surface area (Å²) in [6, 6.07) is 8.29. The van der Waals surface area contributed by atoms with Gasteiger partial charge in [-0.3, -0.25) is 0 Å². The van der Waals surface area contributed by atoms with Gasteiger partial charge in [-0.1, -0.05) is 0 Å². The fourth-order valence-electron chi connectivity index (χ4n) is 1.69. The molecule has 0 saturated heterocycles. The predicted molar refractivity (Wildman–Crippen MR) is 75.9 cm³/mol. The second-order valence-corrected chi connectivity index (χ2v) is 4.75. The first kappa shape index (κ1) is 11.7. The molecule has 96 valence electrons. The van der Waals surface area contributed by atoms with Crippen LogP contribution in [0.4, 0.5) is 17.6 Å². The maximum atomic E-state index is 5.58. The highest BCUT2D eigenvalue weighted by atomic mass is 32.1. The fourth-order valence-corrected chi connectivity index (χ4v) is 2.46. The van der Waals surface area contributed by atoms with Gasteiger partial charge >= 0.3 is 6.01 Å². The molecule has 2 heterocycles. The number of nitrogens with zero attached hydrogens (tertiary/aromatic N) is 3. The molecule has 0 spiro atoms. The third-order valence-corrected chi connectivity index (χ3v) is 3.42. The number of fused-ring (bicyclic) bond motifs is 1. The summed E-state index contributed by atoms with van der Waals surface area (Å²) in [5.74, 6) is 0.477. The molecule has 0 amide bonds. The van der Waals surface area contributed by atoms with Gasteiger partial charge in [0.05, 0.1) is 7.11 Å². The summed E-state index contributed by atoms with van der Waals surface area (Å²) in [6.07, 6.45) is 0. The van der Waals surface area contributed by atoms with Crippen molar-refractivity contribution < 1.29 is 4.74 Å². The molecule has 0 bridgehead atoms. The highest BCUT2D eigenvalue weighted by molar-refractivity contribution is 7.17. The Hall–Kier alpha value is -2.41. The summed E-state index contributed by atoms with van der Waals surface area (Å²) in [6.45, 7) is 0. The van der Waals surface area contributed by atoms with Crippen molar-refractivity contribution in [2.24, 2.45) is 0 Å². The Morgan fingerprint density at radius 2 is 2.11 bits per heavy atom. The lowest BCUT2D eigenvalue weighted by atomic mass is 10.2. The van der Waals surface area contributed by atoms with Gasteiger partial charge in [-0.2, -0.15) is 15.0 Å². The van der Waals surface area contributed by atoms with Crippen molar-refractivity contribution in [1.82, 2.24) is 15.0 Å². The monoisotopic (exact) mass is 273 g/mol.